The predicted octanol–water partition coefficient (Wildman–Crippen LogP) is 1.61. The van der Waals surface area contributed by atoms with Crippen LogP contribution in [0.2, 0.25) is 0 Å². The van der Waals surface area contributed by atoms with Crippen LogP contribution in [0.5, 0.6) is 5.88 Å². The van der Waals surface area contributed by atoms with Crippen LogP contribution < -0.4 is 10.1 Å². The smallest absolute Gasteiger partial charge is 0.241 e. The van der Waals surface area contributed by atoms with Gasteiger partial charge in [0.25, 0.3) is 0 Å². The summed E-state index contributed by atoms with van der Waals surface area (Å²) >= 11 is 0. The molecule has 1 aromatic heterocycles. The molecule has 0 bridgehead atoms. The minimum Gasteiger partial charge on any atom is -0.478 e. The summed E-state index contributed by atoms with van der Waals surface area (Å²) in [5, 5.41) is 3.09. The number of aromatic nitrogens is 2. The molecule has 6 heteroatoms. The zero-order valence-corrected chi connectivity index (χ0v) is 12.2. The van der Waals surface area contributed by atoms with Crippen molar-refractivity contribution in [2.45, 2.75) is 33.1 Å². The highest BCUT2D eigenvalue weighted by Crippen LogP contribution is 2.20. The first-order valence-electron chi connectivity index (χ1n) is 7.18. The van der Waals surface area contributed by atoms with Gasteiger partial charge in [-0.2, -0.15) is 0 Å². The average molecular weight is 278 g/mol. The Hall–Kier alpha value is -1.85. The lowest BCUT2D eigenvalue weighted by atomic mass is 10.1. The van der Waals surface area contributed by atoms with E-state index in [2.05, 4.69) is 15.3 Å². The van der Waals surface area contributed by atoms with E-state index in [9.17, 15) is 4.79 Å². The SMILES string of the molecule is CCOc1ncnc(NCC(=O)N2CCCCC2)c1C. The van der Waals surface area contributed by atoms with Crippen molar-refractivity contribution in [3.8, 4) is 5.88 Å². The zero-order valence-electron chi connectivity index (χ0n) is 12.2. The maximum Gasteiger partial charge on any atom is 0.241 e. The number of nitrogens with zero attached hydrogens (tertiary/aromatic N) is 3. The number of carbonyl (C=O) groups is 1. The van der Waals surface area contributed by atoms with Crippen LogP contribution in [0.1, 0.15) is 31.7 Å². The van der Waals surface area contributed by atoms with Crippen molar-refractivity contribution in [3.05, 3.63) is 11.9 Å². The molecule has 1 fully saturated rings. The van der Waals surface area contributed by atoms with E-state index >= 15 is 0 Å². The highest BCUT2D eigenvalue weighted by molar-refractivity contribution is 5.80. The van der Waals surface area contributed by atoms with E-state index in [1.165, 1.54) is 12.7 Å². The summed E-state index contributed by atoms with van der Waals surface area (Å²) in [6, 6.07) is 0. The molecule has 6 nitrogen and oxygen atoms in total. The second-order valence-corrected chi connectivity index (χ2v) is 4.88. The maximum absolute atomic E-state index is 12.1. The molecule has 0 aromatic carbocycles. The highest BCUT2D eigenvalue weighted by atomic mass is 16.5. The lowest BCUT2D eigenvalue weighted by Gasteiger charge is -2.26. The molecule has 110 valence electrons. The Labute approximate surface area is 119 Å². The van der Waals surface area contributed by atoms with Crippen LogP contribution in [0.4, 0.5) is 5.82 Å². The molecule has 2 heterocycles. The second-order valence-electron chi connectivity index (χ2n) is 4.88. The van der Waals surface area contributed by atoms with Gasteiger partial charge in [0.2, 0.25) is 11.8 Å². The zero-order chi connectivity index (χ0) is 14.4. The fraction of sp³-hybridized carbons (Fsp3) is 0.643. The molecule has 0 saturated carbocycles. The van der Waals surface area contributed by atoms with Crippen LogP contribution in [0.25, 0.3) is 0 Å². The van der Waals surface area contributed by atoms with E-state index in [0.29, 0.717) is 18.3 Å². The Bertz CT molecular complexity index is 458. The van der Waals surface area contributed by atoms with E-state index in [1.807, 2.05) is 18.7 Å². The molecule has 0 atom stereocenters. The predicted molar refractivity (Wildman–Crippen MR) is 76.9 cm³/mol. The fourth-order valence-electron chi connectivity index (χ4n) is 2.31. The van der Waals surface area contributed by atoms with Crippen molar-refractivity contribution in [2.24, 2.45) is 0 Å². The molecule has 0 aliphatic carbocycles. The van der Waals surface area contributed by atoms with Crippen LogP contribution in [0, 0.1) is 6.92 Å². The van der Waals surface area contributed by atoms with Gasteiger partial charge in [0, 0.05) is 13.1 Å². The molecule has 1 amide bonds. The molecule has 1 aliphatic rings. The summed E-state index contributed by atoms with van der Waals surface area (Å²) in [6.07, 6.45) is 4.88. The summed E-state index contributed by atoms with van der Waals surface area (Å²) in [5.74, 6) is 1.35. The first-order chi connectivity index (χ1) is 9.72. The van der Waals surface area contributed by atoms with Crippen LogP contribution in [0.3, 0.4) is 0 Å². The Kier molecular flexibility index (Phi) is 5.15. The van der Waals surface area contributed by atoms with Gasteiger partial charge in [-0.3, -0.25) is 4.79 Å². The number of carbonyl (C=O) groups excluding carboxylic acids is 1. The van der Waals surface area contributed by atoms with Gasteiger partial charge in [0.1, 0.15) is 12.1 Å². The van der Waals surface area contributed by atoms with Gasteiger partial charge in [0.15, 0.2) is 0 Å². The Morgan fingerprint density at radius 2 is 2.10 bits per heavy atom. The third kappa shape index (κ3) is 3.59. The lowest BCUT2D eigenvalue weighted by Crippen LogP contribution is -2.39. The van der Waals surface area contributed by atoms with E-state index in [4.69, 9.17) is 4.74 Å². The second kappa shape index (κ2) is 7.07. The van der Waals surface area contributed by atoms with Crippen molar-refractivity contribution >= 4 is 11.7 Å². The summed E-state index contributed by atoms with van der Waals surface area (Å²) < 4.78 is 5.41. The van der Waals surface area contributed by atoms with Crippen LogP contribution in [-0.4, -0.2) is 47.0 Å². The maximum atomic E-state index is 12.1. The fourth-order valence-corrected chi connectivity index (χ4v) is 2.31. The number of piperidine rings is 1. The molecule has 0 radical (unpaired) electrons. The van der Waals surface area contributed by atoms with Crippen molar-refractivity contribution in [1.82, 2.24) is 14.9 Å². The molecular weight excluding hydrogens is 256 g/mol. The molecule has 1 aliphatic heterocycles. The van der Waals surface area contributed by atoms with E-state index < -0.39 is 0 Å². The summed E-state index contributed by atoms with van der Waals surface area (Å²) in [6.45, 7) is 6.36. The van der Waals surface area contributed by atoms with Crippen LogP contribution in [0.15, 0.2) is 6.33 Å². The number of rotatable bonds is 5. The van der Waals surface area contributed by atoms with Gasteiger partial charge < -0.3 is 15.0 Å². The number of nitrogens with one attached hydrogen (secondary N) is 1. The van der Waals surface area contributed by atoms with Gasteiger partial charge in [-0.05, 0) is 33.1 Å². The van der Waals surface area contributed by atoms with Gasteiger partial charge in [-0.25, -0.2) is 9.97 Å². The monoisotopic (exact) mass is 278 g/mol. The summed E-state index contributed by atoms with van der Waals surface area (Å²) in [4.78, 5) is 22.2. The Morgan fingerprint density at radius 3 is 2.80 bits per heavy atom. The van der Waals surface area contributed by atoms with Gasteiger partial charge in [0.05, 0.1) is 18.7 Å². The first kappa shape index (κ1) is 14.6. The molecule has 1 N–H and O–H groups in total. The molecule has 20 heavy (non-hydrogen) atoms. The Balaban J connectivity index is 1.93. The van der Waals surface area contributed by atoms with Crippen LogP contribution in [-0.2, 0) is 4.79 Å². The average Bonchev–Trinajstić information content (AvgIpc) is 2.49. The van der Waals surface area contributed by atoms with Crippen molar-refractivity contribution in [3.63, 3.8) is 0 Å². The number of hydrogen-bond acceptors (Lipinski definition) is 5. The number of hydrogen-bond donors (Lipinski definition) is 1. The largest absolute Gasteiger partial charge is 0.478 e. The molecule has 1 aromatic rings. The molecule has 0 unspecified atom stereocenters. The molecular formula is C14H22N4O2. The van der Waals surface area contributed by atoms with Crippen molar-refractivity contribution < 1.29 is 9.53 Å². The summed E-state index contributed by atoms with van der Waals surface area (Å²) in [5.41, 5.74) is 0.834. The van der Waals surface area contributed by atoms with E-state index in [1.54, 1.807) is 0 Å². The highest BCUT2D eigenvalue weighted by Gasteiger charge is 2.17. The third-order valence-corrected chi connectivity index (χ3v) is 3.43. The van der Waals surface area contributed by atoms with Gasteiger partial charge >= 0.3 is 0 Å². The van der Waals surface area contributed by atoms with E-state index in [-0.39, 0.29) is 12.5 Å². The minimum atomic E-state index is 0.126. The molecule has 2 rings (SSSR count). The van der Waals surface area contributed by atoms with Gasteiger partial charge in [-0.1, -0.05) is 0 Å². The Morgan fingerprint density at radius 1 is 1.35 bits per heavy atom. The quantitative estimate of drug-likeness (QED) is 0.886. The number of ether oxygens (including phenoxy) is 1. The van der Waals surface area contributed by atoms with Crippen molar-refractivity contribution in [2.75, 3.05) is 31.6 Å². The standard InChI is InChI=1S/C14H22N4O2/c1-3-20-14-11(2)13(16-10-17-14)15-9-12(19)18-7-5-4-6-8-18/h10H,3-9H2,1-2H3,(H,15,16,17). The topological polar surface area (TPSA) is 67.4 Å². The molecule has 0 spiro atoms. The third-order valence-electron chi connectivity index (χ3n) is 3.43. The molecule has 1 saturated heterocycles. The minimum absolute atomic E-state index is 0.126. The number of likely N-dealkylation sites (tertiary alicyclic amines) is 1. The van der Waals surface area contributed by atoms with Crippen molar-refractivity contribution in [1.29, 1.82) is 0 Å². The summed E-state index contributed by atoms with van der Waals surface area (Å²) in [7, 11) is 0. The van der Waals surface area contributed by atoms with Crippen LogP contribution >= 0.6 is 0 Å². The first-order valence-corrected chi connectivity index (χ1v) is 7.18. The van der Waals surface area contributed by atoms with E-state index in [0.717, 1.165) is 31.5 Å². The normalized spacial score (nSPS) is 15.0. The lowest BCUT2D eigenvalue weighted by molar-refractivity contribution is -0.130. The van der Waals surface area contributed by atoms with Gasteiger partial charge in [-0.15, -0.1) is 0 Å². The number of amides is 1. The number of anilines is 1.